The second-order valence-corrected chi connectivity index (χ2v) is 12.4. The number of hydrogen-bond donors (Lipinski definition) is 0. The van der Waals surface area contributed by atoms with Crippen molar-refractivity contribution in [1.29, 1.82) is 0 Å². The predicted octanol–water partition coefficient (Wildman–Crippen LogP) is 10.6. The fourth-order valence-corrected chi connectivity index (χ4v) is 7.88. The van der Waals surface area contributed by atoms with Crippen LogP contribution in [0.15, 0.2) is 152 Å². The molecule has 0 fully saturated rings. The number of para-hydroxylation sites is 1. The summed E-state index contributed by atoms with van der Waals surface area (Å²) < 4.78 is 4.74. The van der Waals surface area contributed by atoms with E-state index in [9.17, 15) is 0 Å². The Hall–Kier alpha value is -6.59. The molecule has 11 rings (SSSR count). The van der Waals surface area contributed by atoms with E-state index in [-0.39, 0.29) is 0 Å². The topological polar surface area (TPSA) is 48.0 Å². The molecule has 0 N–H and O–H groups in total. The Morgan fingerprint density at radius 2 is 0.938 bits per heavy atom. The first-order valence-corrected chi connectivity index (χ1v) is 16.2. The molecule has 5 nitrogen and oxygen atoms in total. The SMILES string of the molecule is c1ccc(-c2nc(-c3ccccc3)nc(-n3c4cccc5c6ccccc6n6c7c8ccccc8ccc7c7ccc3c(c54)c76)n2)cc1. The maximum Gasteiger partial charge on any atom is 0.238 e. The predicted molar refractivity (Wildman–Crippen MR) is 197 cm³/mol. The highest BCUT2D eigenvalue weighted by Gasteiger charge is 2.25. The average Bonchev–Trinajstić information content (AvgIpc) is 3.64. The van der Waals surface area contributed by atoms with Crippen molar-refractivity contribution in [2.45, 2.75) is 0 Å². The van der Waals surface area contributed by atoms with E-state index >= 15 is 0 Å². The van der Waals surface area contributed by atoms with Crippen molar-refractivity contribution >= 4 is 70.7 Å². The zero-order valence-corrected chi connectivity index (χ0v) is 25.7. The lowest BCUT2D eigenvalue weighted by molar-refractivity contribution is 0.954. The molecule has 7 aromatic carbocycles. The minimum atomic E-state index is 0.598. The maximum absolute atomic E-state index is 5.18. The normalized spacial score (nSPS) is 12.2. The highest BCUT2D eigenvalue weighted by atomic mass is 15.2. The van der Waals surface area contributed by atoms with Gasteiger partial charge in [0.2, 0.25) is 5.95 Å². The molecule has 0 amide bonds. The molecule has 0 aliphatic heterocycles. The zero-order chi connectivity index (χ0) is 31.3. The van der Waals surface area contributed by atoms with Gasteiger partial charge in [-0.1, -0.05) is 133 Å². The molecule has 0 saturated carbocycles. The van der Waals surface area contributed by atoms with Crippen molar-refractivity contribution in [3.05, 3.63) is 152 Å². The molecular formula is C43H25N5. The van der Waals surface area contributed by atoms with E-state index in [1.54, 1.807) is 0 Å². The largest absolute Gasteiger partial charge is 0.307 e. The molecule has 4 aromatic heterocycles. The van der Waals surface area contributed by atoms with E-state index in [1.165, 1.54) is 59.6 Å². The molecule has 0 radical (unpaired) electrons. The van der Waals surface area contributed by atoms with Gasteiger partial charge < -0.3 is 4.40 Å². The number of rotatable bonds is 3. The Balaban J connectivity index is 1.37. The van der Waals surface area contributed by atoms with Gasteiger partial charge >= 0.3 is 0 Å². The molecule has 5 heteroatoms. The molecule has 0 spiro atoms. The van der Waals surface area contributed by atoms with E-state index in [4.69, 9.17) is 15.0 Å². The molecule has 0 bridgehead atoms. The van der Waals surface area contributed by atoms with Crippen LogP contribution in [-0.4, -0.2) is 23.9 Å². The Kier molecular flexibility index (Phi) is 5.05. The summed E-state index contributed by atoms with van der Waals surface area (Å²) in [7, 11) is 0. The van der Waals surface area contributed by atoms with Crippen molar-refractivity contribution in [3.8, 4) is 28.7 Å². The lowest BCUT2D eigenvalue weighted by Gasteiger charge is -2.11. The van der Waals surface area contributed by atoms with Crippen molar-refractivity contribution in [1.82, 2.24) is 23.9 Å². The smallest absolute Gasteiger partial charge is 0.238 e. The minimum absolute atomic E-state index is 0.598. The molecule has 0 aliphatic rings. The Morgan fingerprint density at radius 3 is 1.71 bits per heavy atom. The van der Waals surface area contributed by atoms with Crippen LogP contribution in [-0.2, 0) is 0 Å². The fraction of sp³-hybridized carbons (Fsp3) is 0. The van der Waals surface area contributed by atoms with Crippen LogP contribution in [0, 0.1) is 0 Å². The van der Waals surface area contributed by atoms with Crippen LogP contribution < -0.4 is 0 Å². The van der Waals surface area contributed by atoms with Gasteiger partial charge in [-0.25, -0.2) is 4.98 Å². The van der Waals surface area contributed by atoms with Crippen molar-refractivity contribution in [2.24, 2.45) is 0 Å². The number of aromatic nitrogens is 5. The number of nitrogens with zero attached hydrogens (tertiary/aromatic N) is 5. The van der Waals surface area contributed by atoms with Crippen LogP contribution in [0.4, 0.5) is 0 Å². The second-order valence-electron chi connectivity index (χ2n) is 12.4. The van der Waals surface area contributed by atoms with Crippen molar-refractivity contribution < 1.29 is 0 Å². The summed E-state index contributed by atoms with van der Waals surface area (Å²) >= 11 is 0. The summed E-state index contributed by atoms with van der Waals surface area (Å²) in [5.74, 6) is 1.88. The van der Waals surface area contributed by atoms with Gasteiger partial charge in [-0.2, -0.15) is 9.97 Å². The summed E-state index contributed by atoms with van der Waals surface area (Å²) in [6, 6.07) is 53.6. The van der Waals surface area contributed by atoms with Gasteiger partial charge in [-0.15, -0.1) is 0 Å². The molecule has 48 heavy (non-hydrogen) atoms. The first-order chi connectivity index (χ1) is 23.8. The first kappa shape index (κ1) is 25.6. The van der Waals surface area contributed by atoms with Crippen LogP contribution in [0.1, 0.15) is 0 Å². The zero-order valence-electron chi connectivity index (χ0n) is 25.7. The summed E-state index contributed by atoms with van der Waals surface area (Å²) in [5, 5.41) is 9.78. The molecule has 0 unspecified atom stereocenters. The molecule has 4 heterocycles. The van der Waals surface area contributed by atoms with Crippen LogP contribution in [0.2, 0.25) is 0 Å². The van der Waals surface area contributed by atoms with E-state index in [0.29, 0.717) is 17.6 Å². The van der Waals surface area contributed by atoms with E-state index in [0.717, 1.165) is 22.2 Å². The highest BCUT2D eigenvalue weighted by molar-refractivity contribution is 6.34. The monoisotopic (exact) mass is 611 g/mol. The Bertz CT molecular complexity index is 2990. The van der Waals surface area contributed by atoms with Gasteiger partial charge in [0.25, 0.3) is 0 Å². The molecule has 11 aromatic rings. The molecular weight excluding hydrogens is 587 g/mol. The van der Waals surface area contributed by atoms with Crippen molar-refractivity contribution in [3.63, 3.8) is 0 Å². The third-order valence-electron chi connectivity index (χ3n) is 9.89. The van der Waals surface area contributed by atoms with Crippen molar-refractivity contribution in [2.75, 3.05) is 0 Å². The lowest BCUT2D eigenvalue weighted by Crippen LogP contribution is -2.06. The number of benzene rings is 7. The quantitative estimate of drug-likeness (QED) is 0.200. The van der Waals surface area contributed by atoms with E-state index in [1.807, 2.05) is 36.4 Å². The summed E-state index contributed by atoms with van der Waals surface area (Å²) in [6.45, 7) is 0. The first-order valence-electron chi connectivity index (χ1n) is 16.2. The summed E-state index contributed by atoms with van der Waals surface area (Å²) in [4.78, 5) is 15.4. The second kappa shape index (κ2) is 9.47. The summed E-state index contributed by atoms with van der Waals surface area (Å²) in [5.41, 5.74) is 7.66. The van der Waals surface area contributed by atoms with Crippen LogP contribution >= 0.6 is 0 Å². The van der Waals surface area contributed by atoms with E-state index < -0.39 is 0 Å². The van der Waals surface area contributed by atoms with E-state index in [2.05, 4.69) is 124 Å². The maximum atomic E-state index is 5.18. The molecule has 0 aliphatic carbocycles. The Labute approximate surface area is 274 Å². The van der Waals surface area contributed by atoms with Gasteiger partial charge in [0.05, 0.1) is 27.6 Å². The van der Waals surface area contributed by atoms with Gasteiger partial charge in [0.15, 0.2) is 11.6 Å². The van der Waals surface area contributed by atoms with Crippen LogP contribution in [0.25, 0.3) is 99.4 Å². The standard InChI is InChI=1S/C43H25N5/c1-3-13-27(14-4-1)41-44-42(28-15-5-2-6-16-28)46-43(45-41)47-35-21-11-19-31-30-18-9-10-20-34(30)48-39-29-17-8-7-12-26(29)22-23-32(39)33-24-25-36(47)38(37(31)35)40(33)48/h1-25H. The average molecular weight is 612 g/mol. The van der Waals surface area contributed by atoms with Crippen LogP contribution in [0.3, 0.4) is 0 Å². The highest BCUT2D eigenvalue weighted by Crippen LogP contribution is 2.46. The van der Waals surface area contributed by atoms with Gasteiger partial charge in [-0.05, 0) is 29.0 Å². The van der Waals surface area contributed by atoms with Gasteiger partial charge in [-0.3, -0.25) is 4.57 Å². The molecule has 222 valence electrons. The lowest BCUT2D eigenvalue weighted by atomic mass is 10.0. The number of fused-ring (bicyclic) bond motifs is 8. The molecule has 0 atom stereocenters. The third kappa shape index (κ3) is 3.37. The Morgan fingerprint density at radius 1 is 0.354 bits per heavy atom. The third-order valence-corrected chi connectivity index (χ3v) is 9.89. The van der Waals surface area contributed by atoms with Crippen LogP contribution in [0.5, 0.6) is 0 Å². The minimum Gasteiger partial charge on any atom is -0.307 e. The van der Waals surface area contributed by atoms with Gasteiger partial charge in [0, 0.05) is 43.4 Å². The molecule has 0 saturated heterocycles. The number of hydrogen-bond acceptors (Lipinski definition) is 3. The van der Waals surface area contributed by atoms with Gasteiger partial charge in [0.1, 0.15) is 0 Å². The fourth-order valence-electron chi connectivity index (χ4n) is 7.88. The summed E-state index contributed by atoms with van der Waals surface area (Å²) in [6.07, 6.45) is 0.